The lowest BCUT2D eigenvalue weighted by Crippen LogP contribution is -2.25. The number of nitrogens with zero attached hydrogens (tertiary/aromatic N) is 1. The molecule has 0 rings (SSSR count). The number of allylic oxidation sites excluding steroid dienone is 1. The molecule has 0 radical (unpaired) electrons. The standard InChI is InChI=1S/C6H12ClNO2S/c1-8(11(2,9)10)6-4-3-5-7/h3-4H,5-6H2,1-2H3/b4-3+. The molecular weight excluding hydrogens is 186 g/mol. The first kappa shape index (κ1) is 10.9. The van der Waals surface area contributed by atoms with E-state index in [1.54, 1.807) is 12.2 Å². The van der Waals surface area contributed by atoms with Crippen LogP contribution in [-0.4, -0.2) is 38.5 Å². The molecule has 0 fully saturated rings. The third kappa shape index (κ3) is 5.24. The zero-order valence-corrected chi connectivity index (χ0v) is 8.19. The van der Waals surface area contributed by atoms with Crippen LogP contribution in [0.25, 0.3) is 0 Å². The summed E-state index contributed by atoms with van der Waals surface area (Å²) in [5, 5.41) is 0. The van der Waals surface area contributed by atoms with Gasteiger partial charge in [-0.25, -0.2) is 12.7 Å². The predicted octanol–water partition coefficient (Wildman–Crippen LogP) is 0.673. The molecule has 0 spiro atoms. The Morgan fingerprint density at radius 3 is 2.36 bits per heavy atom. The largest absolute Gasteiger partial charge is 0.213 e. The van der Waals surface area contributed by atoms with E-state index >= 15 is 0 Å². The summed E-state index contributed by atoms with van der Waals surface area (Å²) in [4.78, 5) is 0. The van der Waals surface area contributed by atoms with Gasteiger partial charge in [-0.3, -0.25) is 0 Å². The van der Waals surface area contributed by atoms with Crippen LogP contribution in [0.4, 0.5) is 0 Å². The maximum atomic E-state index is 10.8. The summed E-state index contributed by atoms with van der Waals surface area (Å²) in [5.41, 5.74) is 0. The van der Waals surface area contributed by atoms with Gasteiger partial charge in [0.2, 0.25) is 10.0 Å². The summed E-state index contributed by atoms with van der Waals surface area (Å²) in [7, 11) is -1.52. The monoisotopic (exact) mass is 197 g/mol. The fourth-order valence-electron chi connectivity index (χ4n) is 0.421. The van der Waals surface area contributed by atoms with Gasteiger partial charge in [-0.2, -0.15) is 0 Å². The zero-order chi connectivity index (χ0) is 8.91. The molecule has 0 aliphatic heterocycles. The average Bonchev–Trinajstić information content (AvgIpc) is 1.86. The summed E-state index contributed by atoms with van der Waals surface area (Å²) >= 11 is 5.34. The molecule has 0 unspecified atom stereocenters. The smallest absolute Gasteiger partial charge is 0.211 e. The molecule has 0 bridgehead atoms. The van der Waals surface area contributed by atoms with Crippen molar-refractivity contribution in [3.63, 3.8) is 0 Å². The maximum absolute atomic E-state index is 10.8. The molecule has 0 aliphatic rings. The third-order valence-corrected chi connectivity index (χ3v) is 2.64. The van der Waals surface area contributed by atoms with E-state index in [9.17, 15) is 8.42 Å². The van der Waals surface area contributed by atoms with Crippen molar-refractivity contribution in [2.45, 2.75) is 0 Å². The highest BCUT2D eigenvalue weighted by Gasteiger charge is 2.06. The summed E-state index contributed by atoms with van der Waals surface area (Å²) in [5.74, 6) is 0.414. The minimum atomic E-state index is -3.04. The van der Waals surface area contributed by atoms with Crippen LogP contribution in [0.1, 0.15) is 0 Å². The van der Waals surface area contributed by atoms with Crippen LogP contribution in [0.5, 0.6) is 0 Å². The van der Waals surface area contributed by atoms with Crippen molar-refractivity contribution in [3.05, 3.63) is 12.2 Å². The molecule has 0 aliphatic carbocycles. The second-order valence-electron chi connectivity index (χ2n) is 2.17. The lowest BCUT2D eigenvalue weighted by molar-refractivity contribution is 0.505. The van der Waals surface area contributed by atoms with Crippen LogP contribution >= 0.6 is 11.6 Å². The molecular formula is C6H12ClNO2S. The molecule has 0 aromatic rings. The lowest BCUT2D eigenvalue weighted by Gasteiger charge is -2.09. The van der Waals surface area contributed by atoms with Crippen molar-refractivity contribution in [2.24, 2.45) is 0 Å². The van der Waals surface area contributed by atoms with E-state index in [4.69, 9.17) is 11.6 Å². The number of sulfonamides is 1. The maximum Gasteiger partial charge on any atom is 0.211 e. The van der Waals surface area contributed by atoms with Crippen molar-refractivity contribution in [1.82, 2.24) is 4.31 Å². The van der Waals surface area contributed by atoms with E-state index in [0.29, 0.717) is 12.4 Å². The second-order valence-corrected chi connectivity index (χ2v) is 4.57. The Morgan fingerprint density at radius 2 is 2.00 bits per heavy atom. The van der Waals surface area contributed by atoms with Crippen LogP contribution in [0.15, 0.2) is 12.2 Å². The summed E-state index contributed by atoms with van der Waals surface area (Å²) < 4.78 is 22.8. The van der Waals surface area contributed by atoms with E-state index in [-0.39, 0.29) is 0 Å². The van der Waals surface area contributed by atoms with E-state index in [1.807, 2.05) is 0 Å². The normalized spacial score (nSPS) is 13.1. The van der Waals surface area contributed by atoms with Crippen molar-refractivity contribution in [1.29, 1.82) is 0 Å². The number of alkyl halides is 1. The Balaban J connectivity index is 3.90. The fourth-order valence-corrected chi connectivity index (χ4v) is 0.904. The first-order valence-electron chi connectivity index (χ1n) is 3.10. The van der Waals surface area contributed by atoms with Crippen LogP contribution < -0.4 is 0 Å². The van der Waals surface area contributed by atoms with Gasteiger partial charge in [0, 0.05) is 19.5 Å². The van der Waals surface area contributed by atoms with Crippen LogP contribution in [0, 0.1) is 0 Å². The molecule has 3 nitrogen and oxygen atoms in total. The summed E-state index contributed by atoms with van der Waals surface area (Å²) in [6.07, 6.45) is 4.60. The van der Waals surface area contributed by atoms with Crippen molar-refractivity contribution >= 4 is 21.6 Å². The van der Waals surface area contributed by atoms with Gasteiger partial charge in [0.1, 0.15) is 0 Å². The number of rotatable bonds is 4. The van der Waals surface area contributed by atoms with Gasteiger partial charge in [-0.05, 0) is 0 Å². The van der Waals surface area contributed by atoms with Crippen molar-refractivity contribution in [2.75, 3.05) is 25.7 Å². The van der Waals surface area contributed by atoms with Gasteiger partial charge in [-0.1, -0.05) is 12.2 Å². The summed E-state index contributed by atoms with van der Waals surface area (Å²) in [6, 6.07) is 0. The van der Waals surface area contributed by atoms with Gasteiger partial charge in [0.05, 0.1) is 6.26 Å². The highest BCUT2D eigenvalue weighted by molar-refractivity contribution is 7.88. The highest BCUT2D eigenvalue weighted by Crippen LogP contribution is 1.92. The van der Waals surface area contributed by atoms with E-state index < -0.39 is 10.0 Å². The van der Waals surface area contributed by atoms with Gasteiger partial charge in [0.15, 0.2) is 0 Å². The Labute approximate surface area is 72.7 Å². The minimum Gasteiger partial charge on any atom is -0.213 e. The first-order chi connectivity index (χ1) is 4.98. The zero-order valence-electron chi connectivity index (χ0n) is 6.62. The van der Waals surface area contributed by atoms with Gasteiger partial charge in [-0.15, -0.1) is 11.6 Å². The molecule has 11 heavy (non-hydrogen) atoms. The van der Waals surface area contributed by atoms with Crippen LogP contribution in [0.3, 0.4) is 0 Å². The topological polar surface area (TPSA) is 37.4 Å². The van der Waals surface area contributed by atoms with Crippen molar-refractivity contribution < 1.29 is 8.42 Å². The summed E-state index contributed by atoms with van der Waals surface area (Å²) in [6.45, 7) is 0.381. The third-order valence-electron chi connectivity index (χ3n) is 1.18. The Kier molecular flexibility index (Phi) is 4.72. The number of likely N-dealkylation sites (N-methyl/N-ethyl adjacent to an activating group) is 1. The number of hydrogen-bond acceptors (Lipinski definition) is 2. The second kappa shape index (κ2) is 4.74. The van der Waals surface area contributed by atoms with Crippen LogP contribution in [0.2, 0.25) is 0 Å². The number of halogens is 1. The molecule has 0 aromatic heterocycles. The van der Waals surface area contributed by atoms with Crippen LogP contribution in [-0.2, 0) is 10.0 Å². The van der Waals surface area contributed by atoms with E-state index in [0.717, 1.165) is 0 Å². The van der Waals surface area contributed by atoms with E-state index in [1.165, 1.54) is 17.6 Å². The molecule has 5 heteroatoms. The molecule has 0 heterocycles. The Bertz CT molecular complexity index is 223. The molecule has 0 saturated heterocycles. The predicted molar refractivity (Wildman–Crippen MR) is 47.3 cm³/mol. The fraction of sp³-hybridized carbons (Fsp3) is 0.667. The number of hydrogen-bond donors (Lipinski definition) is 0. The molecule has 0 aromatic carbocycles. The molecule has 0 amide bonds. The van der Waals surface area contributed by atoms with Gasteiger partial charge >= 0.3 is 0 Å². The molecule has 0 N–H and O–H groups in total. The highest BCUT2D eigenvalue weighted by atomic mass is 35.5. The minimum absolute atomic E-state index is 0.381. The molecule has 0 saturated carbocycles. The molecule has 0 atom stereocenters. The van der Waals surface area contributed by atoms with Crippen molar-refractivity contribution in [3.8, 4) is 0 Å². The molecule has 66 valence electrons. The first-order valence-corrected chi connectivity index (χ1v) is 5.49. The average molecular weight is 198 g/mol. The Morgan fingerprint density at radius 1 is 1.45 bits per heavy atom. The van der Waals surface area contributed by atoms with Gasteiger partial charge < -0.3 is 0 Å². The van der Waals surface area contributed by atoms with Gasteiger partial charge in [0.25, 0.3) is 0 Å². The SMILES string of the molecule is CN(C/C=C/CCl)S(C)(=O)=O. The van der Waals surface area contributed by atoms with E-state index in [2.05, 4.69) is 0 Å². The Hall–Kier alpha value is -0.0600. The quantitative estimate of drug-likeness (QED) is 0.491. The lowest BCUT2D eigenvalue weighted by atomic mass is 10.5.